The lowest BCUT2D eigenvalue weighted by molar-refractivity contribution is 0.0746. The van der Waals surface area contributed by atoms with Crippen molar-refractivity contribution in [2.24, 2.45) is 0 Å². The van der Waals surface area contributed by atoms with E-state index in [0.717, 1.165) is 0 Å². The summed E-state index contributed by atoms with van der Waals surface area (Å²) < 4.78 is 33.4. The van der Waals surface area contributed by atoms with Crippen LogP contribution < -0.4 is 14.4 Å². The maximum absolute atomic E-state index is 13.0. The zero-order valence-corrected chi connectivity index (χ0v) is 20.0. The van der Waals surface area contributed by atoms with Crippen molar-refractivity contribution in [3.8, 4) is 11.8 Å². The zero-order chi connectivity index (χ0) is 24.8. The fraction of sp³-hybridized carbons (Fsp3) is 0.240. The topological polar surface area (TPSA) is 116 Å². The molecule has 10 heteroatoms. The van der Waals surface area contributed by atoms with E-state index in [4.69, 9.17) is 4.74 Å². The summed E-state index contributed by atoms with van der Waals surface area (Å²) in [5, 5.41) is 9.30. The highest BCUT2D eigenvalue weighted by Gasteiger charge is 2.24. The third-order valence-corrected chi connectivity index (χ3v) is 7.00. The summed E-state index contributed by atoms with van der Waals surface area (Å²) in [6.07, 6.45) is 1.65. The van der Waals surface area contributed by atoms with Gasteiger partial charge in [0, 0.05) is 43.6 Å². The van der Waals surface area contributed by atoms with E-state index in [1.54, 1.807) is 47.5 Å². The molecule has 9 nitrogen and oxygen atoms in total. The van der Waals surface area contributed by atoms with Crippen LogP contribution in [0.3, 0.4) is 0 Å². The number of carbonyl (C=O) groups is 1. The van der Waals surface area contributed by atoms with Crippen molar-refractivity contribution in [3.63, 3.8) is 0 Å². The third-order valence-electron chi connectivity index (χ3n) is 5.60. The minimum atomic E-state index is -3.81. The Labute approximate surface area is 204 Å². The molecule has 1 aliphatic heterocycles. The van der Waals surface area contributed by atoms with Gasteiger partial charge in [0.05, 0.1) is 17.1 Å². The predicted octanol–water partition coefficient (Wildman–Crippen LogP) is 3.12. The Morgan fingerprint density at radius 3 is 2.37 bits per heavy atom. The Morgan fingerprint density at radius 1 is 1.06 bits per heavy atom. The number of carbonyl (C=O) groups excluding carboxylic acids is 1. The van der Waals surface area contributed by atoms with Crippen molar-refractivity contribution >= 4 is 27.4 Å². The average Bonchev–Trinajstić information content (AvgIpc) is 2.89. The van der Waals surface area contributed by atoms with E-state index in [9.17, 15) is 18.5 Å². The van der Waals surface area contributed by atoms with Gasteiger partial charge in [0.25, 0.3) is 15.9 Å². The van der Waals surface area contributed by atoms with Crippen LogP contribution in [-0.2, 0) is 10.0 Å². The van der Waals surface area contributed by atoms with E-state index in [-0.39, 0.29) is 10.8 Å². The summed E-state index contributed by atoms with van der Waals surface area (Å²) in [7, 11) is -3.81. The number of anilines is 2. The number of aromatic nitrogens is 1. The quantitative estimate of drug-likeness (QED) is 0.540. The molecule has 2 heterocycles. The lowest BCUT2D eigenvalue weighted by atomic mass is 10.1. The largest absolute Gasteiger partial charge is 0.494 e. The zero-order valence-electron chi connectivity index (χ0n) is 19.2. The highest BCUT2D eigenvalue weighted by atomic mass is 32.2. The van der Waals surface area contributed by atoms with E-state index in [0.29, 0.717) is 61.2 Å². The molecule has 0 aliphatic carbocycles. The molecule has 1 N–H and O–H groups in total. The van der Waals surface area contributed by atoms with Crippen LogP contribution >= 0.6 is 0 Å². The highest BCUT2D eigenvalue weighted by molar-refractivity contribution is 7.92. The van der Waals surface area contributed by atoms with Crippen molar-refractivity contribution in [1.29, 1.82) is 5.26 Å². The standard InChI is InChI=1S/C25H25N5O4S/c1-2-34-22-9-7-21(8-10-22)28-35(32,33)23-11-5-19(6-12-23)25(31)30-16-14-29(15-17-30)24-20(18-26)4-3-13-27-24/h3-13,28H,2,14-17H2,1H3. The van der Waals surface area contributed by atoms with Crippen molar-refractivity contribution < 1.29 is 17.9 Å². The maximum atomic E-state index is 13.0. The number of amides is 1. The van der Waals surface area contributed by atoms with Gasteiger partial charge in [0.15, 0.2) is 0 Å². The van der Waals surface area contributed by atoms with Crippen LogP contribution in [-0.4, -0.2) is 57.0 Å². The van der Waals surface area contributed by atoms with Gasteiger partial charge in [-0.25, -0.2) is 13.4 Å². The Kier molecular flexibility index (Phi) is 7.17. The number of nitriles is 1. The van der Waals surface area contributed by atoms with Crippen LogP contribution in [0, 0.1) is 11.3 Å². The van der Waals surface area contributed by atoms with E-state index in [1.807, 2.05) is 11.8 Å². The minimum absolute atomic E-state index is 0.0620. The van der Waals surface area contributed by atoms with Gasteiger partial charge >= 0.3 is 0 Å². The molecule has 1 saturated heterocycles. The number of nitrogens with one attached hydrogen (secondary N) is 1. The highest BCUT2D eigenvalue weighted by Crippen LogP contribution is 2.22. The van der Waals surface area contributed by atoms with Crippen LogP contribution in [0.4, 0.5) is 11.5 Å². The molecule has 0 radical (unpaired) electrons. The van der Waals surface area contributed by atoms with Gasteiger partial charge in [-0.3, -0.25) is 9.52 Å². The van der Waals surface area contributed by atoms with E-state index < -0.39 is 10.0 Å². The molecule has 0 atom stereocenters. The fourth-order valence-corrected chi connectivity index (χ4v) is 4.88. The Balaban J connectivity index is 1.38. The molecule has 0 bridgehead atoms. The SMILES string of the molecule is CCOc1ccc(NS(=O)(=O)c2ccc(C(=O)N3CCN(c4ncccc4C#N)CC3)cc2)cc1. The van der Waals surface area contributed by atoms with Gasteiger partial charge in [-0.1, -0.05) is 0 Å². The second-order valence-corrected chi connectivity index (χ2v) is 9.54. The summed E-state index contributed by atoms with van der Waals surface area (Å²) >= 11 is 0. The number of piperazine rings is 1. The summed E-state index contributed by atoms with van der Waals surface area (Å²) in [4.78, 5) is 21.0. The molecule has 1 amide bonds. The van der Waals surface area contributed by atoms with Crippen molar-refractivity contribution in [3.05, 3.63) is 78.0 Å². The van der Waals surface area contributed by atoms with Crippen LogP contribution in [0.1, 0.15) is 22.8 Å². The Morgan fingerprint density at radius 2 is 1.74 bits per heavy atom. The molecular weight excluding hydrogens is 466 g/mol. The first-order valence-electron chi connectivity index (χ1n) is 11.2. The van der Waals surface area contributed by atoms with E-state index in [2.05, 4.69) is 15.8 Å². The van der Waals surface area contributed by atoms with Crippen LogP contribution in [0.2, 0.25) is 0 Å². The molecule has 3 aromatic rings. The first-order valence-corrected chi connectivity index (χ1v) is 12.6. The fourth-order valence-electron chi connectivity index (χ4n) is 3.82. The van der Waals surface area contributed by atoms with Gasteiger partial charge in [-0.15, -0.1) is 0 Å². The average molecular weight is 492 g/mol. The number of rotatable bonds is 7. The normalized spacial score (nSPS) is 13.7. The van der Waals surface area contributed by atoms with Gasteiger partial charge in [-0.2, -0.15) is 5.26 Å². The van der Waals surface area contributed by atoms with Gasteiger partial charge in [0.1, 0.15) is 17.6 Å². The van der Waals surface area contributed by atoms with Gasteiger partial charge in [0.2, 0.25) is 0 Å². The molecule has 1 aromatic heterocycles. The smallest absolute Gasteiger partial charge is 0.261 e. The molecule has 4 rings (SSSR count). The van der Waals surface area contributed by atoms with Crippen LogP contribution in [0.25, 0.3) is 0 Å². The summed E-state index contributed by atoms with van der Waals surface area (Å²) in [6, 6.07) is 18.1. The third kappa shape index (κ3) is 5.53. The van der Waals surface area contributed by atoms with Crippen LogP contribution in [0.15, 0.2) is 71.8 Å². The summed E-state index contributed by atoms with van der Waals surface area (Å²) in [5.74, 6) is 1.11. The lowest BCUT2D eigenvalue weighted by Gasteiger charge is -2.35. The second-order valence-electron chi connectivity index (χ2n) is 7.85. The summed E-state index contributed by atoms with van der Waals surface area (Å²) in [6.45, 7) is 4.45. The summed E-state index contributed by atoms with van der Waals surface area (Å²) in [5.41, 5.74) is 1.33. The number of hydrogen-bond donors (Lipinski definition) is 1. The monoisotopic (exact) mass is 491 g/mol. The van der Waals surface area contributed by atoms with Gasteiger partial charge in [-0.05, 0) is 67.6 Å². The van der Waals surface area contributed by atoms with Crippen LogP contribution in [0.5, 0.6) is 5.75 Å². The van der Waals surface area contributed by atoms with E-state index in [1.165, 1.54) is 24.3 Å². The van der Waals surface area contributed by atoms with Gasteiger partial charge < -0.3 is 14.5 Å². The molecule has 0 spiro atoms. The predicted molar refractivity (Wildman–Crippen MR) is 132 cm³/mol. The van der Waals surface area contributed by atoms with E-state index >= 15 is 0 Å². The lowest BCUT2D eigenvalue weighted by Crippen LogP contribution is -2.49. The molecular formula is C25H25N5O4S. The Bertz CT molecular complexity index is 1330. The number of benzene rings is 2. The number of ether oxygens (including phenoxy) is 1. The molecule has 180 valence electrons. The number of nitrogens with zero attached hydrogens (tertiary/aromatic N) is 4. The molecule has 0 saturated carbocycles. The number of hydrogen-bond acceptors (Lipinski definition) is 7. The van der Waals surface area contributed by atoms with Crippen molar-refractivity contribution in [1.82, 2.24) is 9.88 Å². The maximum Gasteiger partial charge on any atom is 0.261 e. The molecule has 1 aliphatic rings. The first-order chi connectivity index (χ1) is 16.9. The molecule has 1 fully saturated rings. The number of pyridine rings is 1. The molecule has 0 unspecified atom stereocenters. The second kappa shape index (κ2) is 10.4. The molecule has 2 aromatic carbocycles. The molecule has 35 heavy (non-hydrogen) atoms. The van der Waals surface area contributed by atoms with Crippen molar-refractivity contribution in [2.45, 2.75) is 11.8 Å². The van der Waals surface area contributed by atoms with Crippen molar-refractivity contribution in [2.75, 3.05) is 42.4 Å². The Hall–Kier alpha value is -4.10. The first kappa shape index (κ1) is 24.0. The number of sulfonamides is 1. The minimum Gasteiger partial charge on any atom is -0.494 e.